The minimum Gasteiger partial charge on any atom is -0.480 e. The van der Waals surface area contributed by atoms with Gasteiger partial charge in [-0.3, -0.25) is 4.79 Å². The van der Waals surface area contributed by atoms with Crippen LogP contribution in [0.25, 0.3) is 0 Å². The number of likely N-dealkylation sites (N-methyl/N-ethyl adjacent to an activating group) is 1. The highest BCUT2D eigenvalue weighted by atomic mass is 16.5. The Morgan fingerprint density at radius 3 is 2.47 bits per heavy atom. The molecule has 4 nitrogen and oxygen atoms in total. The number of carboxylic acids is 1. The Balaban J connectivity index is 2.82. The summed E-state index contributed by atoms with van der Waals surface area (Å²) in [7, 11) is 3.25. The van der Waals surface area contributed by atoms with Gasteiger partial charge in [-0.15, -0.1) is 0 Å². The molecule has 0 fully saturated rings. The summed E-state index contributed by atoms with van der Waals surface area (Å²) in [5, 5.41) is 11.7. The first kappa shape index (κ1) is 11.7. The van der Waals surface area contributed by atoms with E-state index >= 15 is 0 Å². The van der Waals surface area contributed by atoms with E-state index in [-0.39, 0.29) is 0 Å². The van der Waals surface area contributed by atoms with Gasteiger partial charge in [0.25, 0.3) is 0 Å². The second-order valence-electron chi connectivity index (χ2n) is 3.23. The molecular weight excluding hydrogens is 194 g/mol. The zero-order valence-electron chi connectivity index (χ0n) is 8.86. The topological polar surface area (TPSA) is 58.6 Å². The van der Waals surface area contributed by atoms with Crippen molar-refractivity contribution in [3.63, 3.8) is 0 Å². The van der Waals surface area contributed by atoms with Crippen molar-refractivity contribution in [1.82, 2.24) is 5.32 Å². The lowest BCUT2D eigenvalue weighted by Gasteiger charge is -2.11. The van der Waals surface area contributed by atoms with Gasteiger partial charge in [0.15, 0.2) is 0 Å². The van der Waals surface area contributed by atoms with Crippen LogP contribution in [0, 0.1) is 0 Å². The summed E-state index contributed by atoms with van der Waals surface area (Å²) in [4.78, 5) is 10.9. The van der Waals surface area contributed by atoms with E-state index < -0.39 is 12.0 Å². The highest BCUT2D eigenvalue weighted by Crippen LogP contribution is 2.14. The molecule has 0 spiro atoms. The Morgan fingerprint density at radius 1 is 1.47 bits per heavy atom. The first-order chi connectivity index (χ1) is 7.19. The molecule has 0 heterocycles. The van der Waals surface area contributed by atoms with Gasteiger partial charge in [-0.25, -0.2) is 0 Å². The fourth-order valence-electron chi connectivity index (χ4n) is 1.41. The molecule has 1 aromatic rings. The summed E-state index contributed by atoms with van der Waals surface area (Å²) < 4.78 is 4.97. The van der Waals surface area contributed by atoms with Crippen LogP contribution < -0.4 is 5.32 Å². The van der Waals surface area contributed by atoms with Crippen LogP contribution in [-0.4, -0.2) is 25.2 Å². The molecule has 82 valence electrons. The number of aliphatic carboxylic acids is 1. The smallest absolute Gasteiger partial charge is 0.325 e. The van der Waals surface area contributed by atoms with E-state index in [1.165, 1.54) is 0 Å². The molecule has 0 aliphatic carbocycles. The maximum absolute atomic E-state index is 10.9. The van der Waals surface area contributed by atoms with Crippen LogP contribution in [0.5, 0.6) is 0 Å². The molecule has 0 radical (unpaired) electrons. The van der Waals surface area contributed by atoms with Crippen LogP contribution >= 0.6 is 0 Å². The fraction of sp³-hybridized carbons (Fsp3) is 0.364. The molecule has 0 saturated heterocycles. The van der Waals surface area contributed by atoms with E-state index in [1.807, 2.05) is 12.1 Å². The van der Waals surface area contributed by atoms with E-state index in [1.54, 1.807) is 26.3 Å². The highest BCUT2D eigenvalue weighted by molar-refractivity contribution is 5.75. The van der Waals surface area contributed by atoms with E-state index in [9.17, 15) is 4.79 Å². The zero-order valence-corrected chi connectivity index (χ0v) is 8.86. The number of hydrogen-bond donors (Lipinski definition) is 2. The second-order valence-corrected chi connectivity index (χ2v) is 3.23. The van der Waals surface area contributed by atoms with Crippen LogP contribution in [0.1, 0.15) is 17.2 Å². The summed E-state index contributed by atoms with van der Waals surface area (Å²) in [5.74, 6) is -0.878. The maximum Gasteiger partial charge on any atom is 0.325 e. The maximum atomic E-state index is 10.9. The molecule has 0 aliphatic rings. The number of rotatable bonds is 5. The molecule has 1 atom stereocenters. The van der Waals surface area contributed by atoms with Crippen molar-refractivity contribution in [2.45, 2.75) is 12.6 Å². The van der Waals surface area contributed by atoms with Gasteiger partial charge in [-0.1, -0.05) is 24.3 Å². The summed E-state index contributed by atoms with van der Waals surface area (Å²) >= 11 is 0. The Hall–Kier alpha value is -1.39. The van der Waals surface area contributed by atoms with E-state index in [4.69, 9.17) is 9.84 Å². The molecule has 1 rings (SSSR count). The van der Waals surface area contributed by atoms with E-state index in [0.29, 0.717) is 6.61 Å². The van der Waals surface area contributed by atoms with Gasteiger partial charge < -0.3 is 15.2 Å². The molecular formula is C11H15NO3. The first-order valence-corrected chi connectivity index (χ1v) is 4.67. The van der Waals surface area contributed by atoms with Gasteiger partial charge in [-0.05, 0) is 18.2 Å². The third-order valence-corrected chi connectivity index (χ3v) is 2.16. The van der Waals surface area contributed by atoms with Crippen molar-refractivity contribution < 1.29 is 14.6 Å². The number of ether oxygens (including phenoxy) is 1. The average Bonchev–Trinajstić information content (AvgIpc) is 2.21. The average molecular weight is 209 g/mol. The lowest BCUT2D eigenvalue weighted by molar-refractivity contribution is -0.139. The van der Waals surface area contributed by atoms with Crippen molar-refractivity contribution in [2.75, 3.05) is 14.2 Å². The molecule has 15 heavy (non-hydrogen) atoms. The number of hydrogen-bond acceptors (Lipinski definition) is 3. The number of carbonyl (C=O) groups is 1. The number of methoxy groups -OCH3 is 1. The number of benzene rings is 1. The summed E-state index contributed by atoms with van der Waals surface area (Å²) in [6.45, 7) is 0.539. The lowest BCUT2D eigenvalue weighted by Crippen LogP contribution is -2.24. The minimum atomic E-state index is -0.878. The standard InChI is InChI=1S/C11H15NO3/c1-12-10(11(13)14)9-5-3-8(4-6-9)7-15-2/h3-6,10,12H,7H2,1-2H3,(H,13,14). The number of carboxylic acid groups (broad SMARTS) is 1. The minimum absolute atomic E-state index is 0.539. The Bertz CT molecular complexity index is 321. The van der Waals surface area contributed by atoms with E-state index in [2.05, 4.69) is 5.32 Å². The summed E-state index contributed by atoms with van der Waals surface area (Å²) in [6.07, 6.45) is 0. The van der Waals surface area contributed by atoms with Crippen molar-refractivity contribution >= 4 is 5.97 Å². The zero-order chi connectivity index (χ0) is 11.3. The molecule has 2 N–H and O–H groups in total. The van der Waals surface area contributed by atoms with Gasteiger partial charge in [0, 0.05) is 7.11 Å². The quantitative estimate of drug-likeness (QED) is 0.764. The molecule has 0 aromatic heterocycles. The van der Waals surface area contributed by atoms with Crippen LogP contribution in [0.4, 0.5) is 0 Å². The molecule has 0 saturated carbocycles. The van der Waals surface area contributed by atoms with Crippen LogP contribution in [0.15, 0.2) is 24.3 Å². The molecule has 4 heteroatoms. The van der Waals surface area contributed by atoms with Gasteiger partial charge in [0.05, 0.1) is 6.61 Å². The third-order valence-electron chi connectivity index (χ3n) is 2.16. The van der Waals surface area contributed by atoms with Crippen LogP contribution in [-0.2, 0) is 16.1 Å². The highest BCUT2D eigenvalue weighted by Gasteiger charge is 2.16. The Labute approximate surface area is 88.9 Å². The molecule has 0 aliphatic heterocycles. The third kappa shape index (κ3) is 3.04. The van der Waals surface area contributed by atoms with Crippen molar-refractivity contribution in [2.24, 2.45) is 0 Å². The molecule has 0 amide bonds. The SMILES string of the molecule is CNC(C(=O)O)c1ccc(COC)cc1. The largest absolute Gasteiger partial charge is 0.480 e. The normalized spacial score (nSPS) is 12.4. The van der Waals surface area contributed by atoms with Gasteiger partial charge in [0.2, 0.25) is 0 Å². The number of nitrogens with one attached hydrogen (secondary N) is 1. The predicted octanol–water partition coefficient (Wildman–Crippen LogP) is 1.18. The molecule has 1 unspecified atom stereocenters. The van der Waals surface area contributed by atoms with Gasteiger partial charge in [0.1, 0.15) is 6.04 Å². The molecule has 0 bridgehead atoms. The molecule has 1 aromatic carbocycles. The van der Waals surface area contributed by atoms with Crippen molar-refractivity contribution in [3.05, 3.63) is 35.4 Å². The van der Waals surface area contributed by atoms with E-state index in [0.717, 1.165) is 11.1 Å². The van der Waals surface area contributed by atoms with Crippen molar-refractivity contribution in [1.29, 1.82) is 0 Å². The Morgan fingerprint density at radius 2 is 2.07 bits per heavy atom. The lowest BCUT2D eigenvalue weighted by atomic mass is 10.1. The Kier molecular flexibility index (Phi) is 4.27. The fourth-order valence-corrected chi connectivity index (χ4v) is 1.41. The van der Waals surface area contributed by atoms with Crippen molar-refractivity contribution in [3.8, 4) is 0 Å². The second kappa shape index (κ2) is 5.48. The van der Waals surface area contributed by atoms with Gasteiger partial charge in [-0.2, -0.15) is 0 Å². The van der Waals surface area contributed by atoms with Crippen LogP contribution in [0.2, 0.25) is 0 Å². The van der Waals surface area contributed by atoms with Gasteiger partial charge >= 0.3 is 5.97 Å². The van der Waals surface area contributed by atoms with Crippen LogP contribution in [0.3, 0.4) is 0 Å². The monoisotopic (exact) mass is 209 g/mol. The summed E-state index contributed by atoms with van der Waals surface area (Å²) in [5.41, 5.74) is 1.77. The first-order valence-electron chi connectivity index (χ1n) is 4.67. The summed E-state index contributed by atoms with van der Waals surface area (Å²) in [6, 6.07) is 6.67. The predicted molar refractivity (Wildman–Crippen MR) is 56.6 cm³/mol.